The number of guanidine groups is 1. The Hall–Kier alpha value is -2.31. The second-order valence-electron chi connectivity index (χ2n) is 8.74. The normalized spacial score (nSPS) is 21.4. The number of benzene rings is 1. The van der Waals surface area contributed by atoms with Crippen molar-refractivity contribution >= 4 is 12.1 Å². The predicted molar refractivity (Wildman–Crippen MR) is 108 cm³/mol. The molecule has 6 nitrogen and oxygen atoms in total. The molecule has 1 unspecified atom stereocenters. The second kappa shape index (κ2) is 7.97. The maximum Gasteiger partial charge on any atom is 0.407 e. The number of nitrogens with zero attached hydrogens (tertiary/aromatic N) is 2. The number of likely N-dealkylation sites (tertiary alicyclic amines) is 1. The average molecular weight is 391 g/mol. The van der Waals surface area contributed by atoms with Crippen molar-refractivity contribution in [1.29, 1.82) is 0 Å². The van der Waals surface area contributed by atoms with Crippen LogP contribution in [-0.4, -0.2) is 55.3 Å². The Balaban J connectivity index is 1.53. The van der Waals surface area contributed by atoms with E-state index in [1.165, 1.54) is 6.07 Å². The number of amides is 1. The molecule has 2 aliphatic rings. The minimum Gasteiger partial charge on any atom is -0.444 e. The SMILES string of the molecule is CN=C(NCC1(c2ccccc2F)CC1)N1CCC(NC(=O)OC(C)(C)C)C1. The van der Waals surface area contributed by atoms with Crippen LogP contribution in [0.4, 0.5) is 9.18 Å². The third-order valence-corrected chi connectivity index (χ3v) is 5.30. The smallest absolute Gasteiger partial charge is 0.407 e. The summed E-state index contributed by atoms with van der Waals surface area (Å²) in [6, 6.07) is 7.04. The summed E-state index contributed by atoms with van der Waals surface area (Å²) in [6.45, 7) is 7.67. The van der Waals surface area contributed by atoms with Gasteiger partial charge in [-0.2, -0.15) is 0 Å². The summed E-state index contributed by atoms with van der Waals surface area (Å²) in [7, 11) is 1.75. The molecule has 0 radical (unpaired) electrons. The van der Waals surface area contributed by atoms with E-state index < -0.39 is 11.7 Å². The molecule has 1 aromatic rings. The van der Waals surface area contributed by atoms with Crippen molar-refractivity contribution in [3.8, 4) is 0 Å². The van der Waals surface area contributed by atoms with Gasteiger partial charge in [0, 0.05) is 32.1 Å². The monoisotopic (exact) mass is 390 g/mol. The Morgan fingerprint density at radius 2 is 2.07 bits per heavy atom. The molecule has 1 atom stereocenters. The lowest BCUT2D eigenvalue weighted by atomic mass is 9.95. The summed E-state index contributed by atoms with van der Waals surface area (Å²) in [5, 5.41) is 6.34. The van der Waals surface area contributed by atoms with Gasteiger partial charge in [0.1, 0.15) is 11.4 Å². The number of nitrogens with one attached hydrogen (secondary N) is 2. The van der Waals surface area contributed by atoms with Gasteiger partial charge in [0.2, 0.25) is 0 Å². The molecule has 0 aromatic heterocycles. The van der Waals surface area contributed by atoms with E-state index in [9.17, 15) is 9.18 Å². The molecule has 1 amide bonds. The van der Waals surface area contributed by atoms with Crippen LogP contribution in [0.2, 0.25) is 0 Å². The average Bonchev–Trinajstić information content (AvgIpc) is 3.26. The van der Waals surface area contributed by atoms with Crippen LogP contribution in [0.15, 0.2) is 29.3 Å². The van der Waals surface area contributed by atoms with Gasteiger partial charge in [0.05, 0.1) is 6.04 Å². The Bertz CT molecular complexity index is 740. The fourth-order valence-electron chi connectivity index (χ4n) is 3.71. The summed E-state index contributed by atoms with van der Waals surface area (Å²) in [4.78, 5) is 18.5. The number of ether oxygens (including phenoxy) is 1. The lowest BCUT2D eigenvalue weighted by molar-refractivity contribution is 0.0507. The summed E-state index contributed by atoms with van der Waals surface area (Å²) >= 11 is 0. The zero-order chi connectivity index (χ0) is 20.4. The van der Waals surface area contributed by atoms with E-state index >= 15 is 0 Å². The molecule has 1 saturated carbocycles. The topological polar surface area (TPSA) is 66.0 Å². The molecule has 154 valence electrons. The standard InChI is InChI=1S/C21H31FN4O2/c1-20(2,3)28-19(27)25-15-9-12-26(13-15)18(23-4)24-14-21(10-11-21)16-7-5-6-8-17(16)22/h5-8,15H,9-14H2,1-4H3,(H,23,24)(H,25,27). The molecular weight excluding hydrogens is 359 g/mol. The summed E-state index contributed by atoms with van der Waals surface area (Å²) in [6.07, 6.45) is 2.39. The molecule has 3 rings (SSSR count). The van der Waals surface area contributed by atoms with E-state index in [4.69, 9.17) is 4.74 Å². The molecule has 1 aliphatic heterocycles. The number of carbonyl (C=O) groups is 1. The highest BCUT2D eigenvalue weighted by atomic mass is 19.1. The number of halogens is 1. The van der Waals surface area contributed by atoms with Gasteiger partial charge in [-0.05, 0) is 51.7 Å². The van der Waals surface area contributed by atoms with Gasteiger partial charge in [-0.1, -0.05) is 18.2 Å². The molecule has 7 heteroatoms. The lowest BCUT2D eigenvalue weighted by Crippen LogP contribution is -2.45. The van der Waals surface area contributed by atoms with E-state index in [0.29, 0.717) is 13.1 Å². The minimum atomic E-state index is -0.509. The molecule has 28 heavy (non-hydrogen) atoms. The molecule has 1 saturated heterocycles. The quantitative estimate of drug-likeness (QED) is 0.613. The molecule has 0 spiro atoms. The summed E-state index contributed by atoms with van der Waals surface area (Å²) in [5.74, 6) is 0.649. The molecule has 1 heterocycles. The molecule has 1 aliphatic carbocycles. The number of carbonyl (C=O) groups excluding carboxylic acids is 1. The highest BCUT2D eigenvalue weighted by Crippen LogP contribution is 2.48. The van der Waals surface area contributed by atoms with Gasteiger partial charge in [-0.25, -0.2) is 9.18 Å². The fourth-order valence-corrected chi connectivity index (χ4v) is 3.71. The number of hydrogen-bond donors (Lipinski definition) is 2. The molecule has 2 N–H and O–H groups in total. The van der Waals surface area contributed by atoms with Gasteiger partial charge in [-0.3, -0.25) is 4.99 Å². The van der Waals surface area contributed by atoms with Crippen LogP contribution in [0.5, 0.6) is 0 Å². The van der Waals surface area contributed by atoms with E-state index in [1.807, 2.05) is 32.9 Å². The van der Waals surface area contributed by atoms with Crippen LogP contribution in [-0.2, 0) is 10.2 Å². The molecular formula is C21H31FN4O2. The first-order valence-corrected chi connectivity index (χ1v) is 9.92. The molecule has 2 fully saturated rings. The van der Waals surface area contributed by atoms with Gasteiger partial charge in [-0.15, -0.1) is 0 Å². The van der Waals surface area contributed by atoms with Crippen molar-refractivity contribution in [3.63, 3.8) is 0 Å². The van der Waals surface area contributed by atoms with E-state index in [2.05, 4.69) is 20.5 Å². The lowest BCUT2D eigenvalue weighted by Gasteiger charge is -2.25. The van der Waals surface area contributed by atoms with Crippen molar-refractivity contribution < 1.29 is 13.9 Å². The molecule has 1 aromatic carbocycles. The number of rotatable bonds is 4. The third-order valence-electron chi connectivity index (χ3n) is 5.30. The largest absolute Gasteiger partial charge is 0.444 e. The van der Waals surface area contributed by atoms with Crippen LogP contribution in [0.1, 0.15) is 45.6 Å². The number of alkyl carbamates (subject to hydrolysis) is 1. The van der Waals surface area contributed by atoms with Crippen molar-refractivity contribution in [1.82, 2.24) is 15.5 Å². The van der Waals surface area contributed by atoms with Crippen molar-refractivity contribution in [3.05, 3.63) is 35.6 Å². The zero-order valence-electron chi connectivity index (χ0n) is 17.2. The first kappa shape index (κ1) is 20.4. The number of aliphatic imine (C=N–C) groups is 1. The Kier molecular flexibility index (Phi) is 5.82. The Morgan fingerprint density at radius 3 is 2.68 bits per heavy atom. The third kappa shape index (κ3) is 4.94. The van der Waals surface area contributed by atoms with Crippen molar-refractivity contribution in [2.24, 2.45) is 4.99 Å². The van der Waals surface area contributed by atoms with Gasteiger partial charge in [0.25, 0.3) is 0 Å². The Morgan fingerprint density at radius 1 is 1.36 bits per heavy atom. The van der Waals surface area contributed by atoms with Crippen molar-refractivity contribution in [2.45, 2.75) is 57.1 Å². The first-order valence-electron chi connectivity index (χ1n) is 9.92. The minimum absolute atomic E-state index is 0.0230. The Labute approximate surface area is 166 Å². The van der Waals surface area contributed by atoms with E-state index in [1.54, 1.807) is 13.1 Å². The van der Waals surface area contributed by atoms with E-state index in [-0.39, 0.29) is 17.3 Å². The zero-order valence-corrected chi connectivity index (χ0v) is 17.2. The highest BCUT2D eigenvalue weighted by Gasteiger charge is 2.46. The van der Waals surface area contributed by atoms with Crippen LogP contribution in [0, 0.1) is 5.82 Å². The maximum absolute atomic E-state index is 14.2. The predicted octanol–water partition coefficient (Wildman–Crippen LogP) is 3.03. The first-order chi connectivity index (χ1) is 13.2. The maximum atomic E-state index is 14.2. The van der Waals surface area contributed by atoms with Crippen LogP contribution in [0.25, 0.3) is 0 Å². The van der Waals surface area contributed by atoms with Crippen LogP contribution >= 0.6 is 0 Å². The van der Waals surface area contributed by atoms with Crippen LogP contribution in [0.3, 0.4) is 0 Å². The second-order valence-corrected chi connectivity index (χ2v) is 8.74. The number of hydrogen-bond acceptors (Lipinski definition) is 3. The molecule has 0 bridgehead atoms. The van der Waals surface area contributed by atoms with Crippen molar-refractivity contribution in [2.75, 3.05) is 26.7 Å². The summed E-state index contributed by atoms with van der Waals surface area (Å²) in [5.41, 5.74) is 0.129. The van der Waals surface area contributed by atoms with E-state index in [0.717, 1.165) is 37.3 Å². The van der Waals surface area contributed by atoms with Gasteiger partial charge >= 0.3 is 6.09 Å². The summed E-state index contributed by atoms with van der Waals surface area (Å²) < 4.78 is 19.5. The van der Waals surface area contributed by atoms with Gasteiger partial charge < -0.3 is 20.3 Å². The van der Waals surface area contributed by atoms with Gasteiger partial charge in [0.15, 0.2) is 5.96 Å². The fraction of sp³-hybridized carbons (Fsp3) is 0.619. The van der Waals surface area contributed by atoms with Crippen LogP contribution < -0.4 is 10.6 Å². The highest BCUT2D eigenvalue weighted by molar-refractivity contribution is 5.80.